The first kappa shape index (κ1) is 25.1. The maximum absolute atomic E-state index is 13.5. The molecule has 1 atom stereocenters. The zero-order chi connectivity index (χ0) is 26.0. The Morgan fingerprint density at radius 3 is 2.28 bits per heavy atom. The first-order valence-corrected chi connectivity index (χ1v) is 10.8. The van der Waals surface area contributed by atoms with Crippen LogP contribution in [0.15, 0.2) is 72.0 Å². The number of anilines is 1. The van der Waals surface area contributed by atoms with E-state index in [4.69, 9.17) is 11.6 Å². The number of nitrogens with zero attached hydrogens (tertiary/aromatic N) is 4. The Labute approximate surface area is 207 Å². The van der Waals surface area contributed by atoms with Gasteiger partial charge in [0.05, 0.1) is 34.6 Å². The van der Waals surface area contributed by atoms with E-state index in [2.05, 4.69) is 14.8 Å². The summed E-state index contributed by atoms with van der Waals surface area (Å²) in [6.45, 7) is 1.14. The third kappa shape index (κ3) is 5.62. The number of halogens is 5. The number of amides is 3. The van der Waals surface area contributed by atoms with E-state index in [0.29, 0.717) is 22.0 Å². The molecule has 0 radical (unpaired) electrons. The standard InChI is InChI=1S/C24H17ClF4N4O3/c1-14(34)33(18-7-9-19(10-8-18)36-24(27,28)29)23(35)32-13-20(21-11-4-16(25)12-30-21)22(31-32)15-2-5-17(26)6-3-15/h2-12,20H,13H2,1H3. The van der Waals surface area contributed by atoms with Crippen molar-refractivity contribution >= 4 is 34.9 Å². The van der Waals surface area contributed by atoms with Crippen LogP contribution in [0.2, 0.25) is 5.02 Å². The lowest BCUT2D eigenvalue weighted by atomic mass is 9.94. The second-order valence-electron chi connectivity index (χ2n) is 7.71. The van der Waals surface area contributed by atoms with E-state index in [9.17, 15) is 27.2 Å². The van der Waals surface area contributed by atoms with Gasteiger partial charge in [-0.2, -0.15) is 5.10 Å². The molecule has 2 heterocycles. The van der Waals surface area contributed by atoms with Crippen molar-refractivity contribution in [2.24, 2.45) is 5.10 Å². The van der Waals surface area contributed by atoms with Crippen molar-refractivity contribution in [3.63, 3.8) is 0 Å². The summed E-state index contributed by atoms with van der Waals surface area (Å²) in [6.07, 6.45) is -3.45. The number of urea groups is 1. The Bertz CT molecular complexity index is 1300. The molecule has 0 aliphatic carbocycles. The van der Waals surface area contributed by atoms with Gasteiger partial charge in [0.2, 0.25) is 5.91 Å². The summed E-state index contributed by atoms with van der Waals surface area (Å²) in [7, 11) is 0. The predicted molar refractivity (Wildman–Crippen MR) is 123 cm³/mol. The lowest BCUT2D eigenvalue weighted by molar-refractivity contribution is -0.274. The zero-order valence-corrected chi connectivity index (χ0v) is 19.3. The Morgan fingerprint density at radius 2 is 1.72 bits per heavy atom. The van der Waals surface area contributed by atoms with Gasteiger partial charge in [-0.15, -0.1) is 13.2 Å². The minimum absolute atomic E-state index is 0.000770. The summed E-state index contributed by atoms with van der Waals surface area (Å²) >= 11 is 5.94. The smallest absolute Gasteiger partial charge is 0.406 e. The van der Waals surface area contributed by atoms with E-state index in [1.165, 1.54) is 30.5 Å². The lowest BCUT2D eigenvalue weighted by Gasteiger charge is -2.24. The van der Waals surface area contributed by atoms with Gasteiger partial charge in [0.1, 0.15) is 11.6 Å². The van der Waals surface area contributed by atoms with Gasteiger partial charge in [0, 0.05) is 13.1 Å². The Balaban J connectivity index is 1.66. The van der Waals surface area contributed by atoms with Gasteiger partial charge in [-0.3, -0.25) is 9.78 Å². The van der Waals surface area contributed by atoms with Crippen LogP contribution in [0.1, 0.15) is 24.1 Å². The highest BCUT2D eigenvalue weighted by molar-refractivity contribution is 6.30. The van der Waals surface area contributed by atoms with Crippen molar-refractivity contribution in [3.05, 3.63) is 89.0 Å². The van der Waals surface area contributed by atoms with E-state index in [0.717, 1.165) is 41.1 Å². The minimum Gasteiger partial charge on any atom is -0.406 e. The summed E-state index contributed by atoms with van der Waals surface area (Å²) in [5.74, 6) is -2.16. The van der Waals surface area contributed by atoms with Crippen LogP contribution in [-0.4, -0.2) is 40.5 Å². The van der Waals surface area contributed by atoms with Crippen molar-refractivity contribution in [1.82, 2.24) is 9.99 Å². The molecule has 4 rings (SSSR count). The molecule has 1 aliphatic rings. The molecule has 0 fully saturated rings. The van der Waals surface area contributed by atoms with Crippen molar-refractivity contribution in [1.29, 1.82) is 0 Å². The van der Waals surface area contributed by atoms with Crippen LogP contribution in [0.25, 0.3) is 0 Å². The number of pyridine rings is 1. The topological polar surface area (TPSA) is 75.1 Å². The SMILES string of the molecule is CC(=O)N(C(=O)N1CC(c2ccc(Cl)cn2)C(c2ccc(F)cc2)=N1)c1ccc(OC(F)(F)F)cc1. The van der Waals surface area contributed by atoms with Gasteiger partial charge >= 0.3 is 12.4 Å². The molecular weight excluding hydrogens is 504 g/mol. The van der Waals surface area contributed by atoms with Crippen LogP contribution >= 0.6 is 11.6 Å². The number of hydrogen-bond acceptors (Lipinski definition) is 5. The summed E-state index contributed by atoms with van der Waals surface area (Å²) in [5, 5.41) is 5.87. The molecule has 0 bridgehead atoms. The molecule has 0 N–H and O–H groups in total. The fraction of sp³-hybridized carbons (Fsp3) is 0.167. The van der Waals surface area contributed by atoms with Crippen LogP contribution in [-0.2, 0) is 4.79 Å². The van der Waals surface area contributed by atoms with Gasteiger partial charge in [-0.1, -0.05) is 23.7 Å². The number of rotatable bonds is 4. The van der Waals surface area contributed by atoms with Crippen LogP contribution in [0.5, 0.6) is 5.75 Å². The largest absolute Gasteiger partial charge is 0.573 e. The average molecular weight is 521 g/mol. The monoisotopic (exact) mass is 520 g/mol. The molecule has 1 aliphatic heterocycles. The summed E-state index contributed by atoms with van der Waals surface area (Å²) in [4.78, 5) is 30.9. The van der Waals surface area contributed by atoms with Gasteiger partial charge < -0.3 is 4.74 Å². The van der Waals surface area contributed by atoms with E-state index in [1.807, 2.05) is 0 Å². The van der Waals surface area contributed by atoms with Crippen molar-refractivity contribution in [2.75, 3.05) is 11.4 Å². The number of hydrazone groups is 1. The fourth-order valence-corrected chi connectivity index (χ4v) is 3.78. The van der Waals surface area contributed by atoms with Gasteiger partial charge in [0.15, 0.2) is 0 Å². The van der Waals surface area contributed by atoms with Crippen LogP contribution in [0, 0.1) is 5.82 Å². The van der Waals surface area contributed by atoms with Crippen molar-refractivity contribution in [2.45, 2.75) is 19.2 Å². The molecule has 1 unspecified atom stereocenters. The van der Waals surface area contributed by atoms with Gasteiger partial charge in [-0.05, 0) is 54.1 Å². The molecule has 36 heavy (non-hydrogen) atoms. The van der Waals surface area contributed by atoms with E-state index < -0.39 is 35.8 Å². The first-order valence-electron chi connectivity index (χ1n) is 10.5. The highest BCUT2D eigenvalue weighted by atomic mass is 35.5. The van der Waals surface area contributed by atoms with E-state index in [-0.39, 0.29) is 12.2 Å². The first-order chi connectivity index (χ1) is 17.0. The van der Waals surface area contributed by atoms with Crippen LogP contribution < -0.4 is 9.64 Å². The van der Waals surface area contributed by atoms with Crippen LogP contribution in [0.3, 0.4) is 0 Å². The molecule has 7 nitrogen and oxygen atoms in total. The van der Waals surface area contributed by atoms with Gasteiger partial charge in [-0.25, -0.2) is 19.1 Å². The molecule has 12 heteroatoms. The number of hydrogen-bond donors (Lipinski definition) is 0. The molecule has 0 saturated heterocycles. The number of aromatic nitrogens is 1. The maximum Gasteiger partial charge on any atom is 0.573 e. The van der Waals surface area contributed by atoms with E-state index in [1.54, 1.807) is 12.1 Å². The van der Waals surface area contributed by atoms with Crippen molar-refractivity contribution in [3.8, 4) is 5.75 Å². The number of ether oxygens (including phenoxy) is 1. The Kier molecular flexibility index (Phi) is 6.93. The summed E-state index contributed by atoms with van der Waals surface area (Å²) in [5.41, 5.74) is 1.52. The number of imide groups is 1. The lowest BCUT2D eigenvalue weighted by Crippen LogP contribution is -2.43. The second kappa shape index (κ2) is 9.94. The number of benzene rings is 2. The summed E-state index contributed by atoms with van der Waals surface area (Å²) < 4.78 is 54.7. The average Bonchev–Trinajstić information content (AvgIpc) is 3.25. The summed E-state index contributed by atoms with van der Waals surface area (Å²) in [6, 6.07) is 12.3. The Hall–Kier alpha value is -3.99. The number of alkyl halides is 3. The van der Waals surface area contributed by atoms with Crippen LogP contribution in [0.4, 0.5) is 28.0 Å². The third-order valence-corrected chi connectivity index (χ3v) is 5.44. The molecule has 186 valence electrons. The van der Waals surface area contributed by atoms with Crippen molar-refractivity contribution < 1.29 is 31.9 Å². The minimum atomic E-state index is -4.89. The van der Waals surface area contributed by atoms with E-state index >= 15 is 0 Å². The number of carbonyl (C=O) groups is 2. The molecule has 3 aromatic rings. The molecule has 0 saturated carbocycles. The highest BCUT2D eigenvalue weighted by Crippen LogP contribution is 2.31. The fourth-order valence-electron chi connectivity index (χ4n) is 3.67. The third-order valence-electron chi connectivity index (χ3n) is 5.22. The molecule has 2 aromatic carbocycles. The zero-order valence-electron chi connectivity index (χ0n) is 18.5. The molecule has 0 spiro atoms. The second-order valence-corrected chi connectivity index (χ2v) is 8.14. The maximum atomic E-state index is 13.5. The number of carbonyl (C=O) groups excluding carboxylic acids is 2. The molecule has 3 amide bonds. The highest BCUT2D eigenvalue weighted by Gasteiger charge is 2.37. The van der Waals surface area contributed by atoms with Gasteiger partial charge in [0.25, 0.3) is 0 Å². The normalized spacial score (nSPS) is 15.4. The predicted octanol–water partition coefficient (Wildman–Crippen LogP) is 5.75. The quantitative estimate of drug-likeness (QED) is 0.411. The molecule has 1 aromatic heterocycles. The molecular formula is C24H17ClF4N4O3. The Morgan fingerprint density at radius 1 is 1.06 bits per heavy atom.